The molecule has 1 N–H and O–H groups in total. The third-order valence-electron chi connectivity index (χ3n) is 3.06. The summed E-state index contributed by atoms with van der Waals surface area (Å²) in [5.74, 6) is -0.150. The van der Waals surface area contributed by atoms with E-state index in [0.29, 0.717) is 0 Å². The zero-order chi connectivity index (χ0) is 13.4. The zero-order valence-corrected chi connectivity index (χ0v) is 11.8. The van der Waals surface area contributed by atoms with Gasteiger partial charge in [0.1, 0.15) is 5.82 Å². The topological polar surface area (TPSA) is 15.3 Å². The lowest BCUT2D eigenvalue weighted by Crippen LogP contribution is -2.19. The second-order valence-corrected chi connectivity index (χ2v) is 4.73. The van der Waals surface area contributed by atoms with Gasteiger partial charge >= 0.3 is 0 Å². The maximum Gasteiger partial charge on any atom is 0.125 e. The summed E-state index contributed by atoms with van der Waals surface area (Å²) in [7, 11) is 2.03. The number of hydrogen-bond acceptors (Lipinski definition) is 2. The number of anilines is 1. The molecule has 102 valence electrons. The van der Waals surface area contributed by atoms with Gasteiger partial charge in [-0.05, 0) is 36.7 Å². The standard InChI is InChI=1S/C15H25FN2/c1-4-6-7-8-18(3)15-10-13(12-17-5-2)9-14(16)11-15/h9-11,17H,4-8,12H2,1-3H3. The van der Waals surface area contributed by atoms with Gasteiger partial charge in [-0.1, -0.05) is 26.7 Å². The van der Waals surface area contributed by atoms with Crippen molar-refractivity contribution in [2.24, 2.45) is 0 Å². The lowest BCUT2D eigenvalue weighted by molar-refractivity contribution is 0.620. The molecule has 0 heterocycles. The monoisotopic (exact) mass is 252 g/mol. The molecule has 1 aromatic carbocycles. The first kappa shape index (κ1) is 15.0. The summed E-state index contributed by atoms with van der Waals surface area (Å²) in [5.41, 5.74) is 1.98. The quantitative estimate of drug-likeness (QED) is 0.712. The van der Waals surface area contributed by atoms with Crippen LogP contribution in [0.1, 0.15) is 38.7 Å². The number of nitrogens with one attached hydrogen (secondary N) is 1. The first-order valence-electron chi connectivity index (χ1n) is 6.88. The molecule has 0 aliphatic rings. The highest BCUT2D eigenvalue weighted by Crippen LogP contribution is 2.18. The maximum absolute atomic E-state index is 13.5. The van der Waals surface area contributed by atoms with Crippen LogP contribution in [0.2, 0.25) is 0 Å². The van der Waals surface area contributed by atoms with Crippen LogP contribution in [0.3, 0.4) is 0 Å². The molecule has 0 aromatic heterocycles. The van der Waals surface area contributed by atoms with E-state index in [1.165, 1.54) is 12.8 Å². The van der Waals surface area contributed by atoms with E-state index < -0.39 is 0 Å². The van der Waals surface area contributed by atoms with Crippen molar-refractivity contribution in [2.75, 3.05) is 25.0 Å². The first-order valence-corrected chi connectivity index (χ1v) is 6.88. The Morgan fingerprint density at radius 1 is 1.17 bits per heavy atom. The summed E-state index contributed by atoms with van der Waals surface area (Å²) in [6.07, 6.45) is 3.60. The molecule has 3 heteroatoms. The molecule has 18 heavy (non-hydrogen) atoms. The highest BCUT2D eigenvalue weighted by atomic mass is 19.1. The van der Waals surface area contributed by atoms with Crippen molar-refractivity contribution in [3.8, 4) is 0 Å². The van der Waals surface area contributed by atoms with Gasteiger partial charge in [-0.3, -0.25) is 0 Å². The van der Waals surface area contributed by atoms with Crippen LogP contribution in [-0.2, 0) is 6.54 Å². The molecule has 0 aliphatic heterocycles. The van der Waals surface area contributed by atoms with E-state index in [0.717, 1.165) is 37.3 Å². The minimum absolute atomic E-state index is 0.150. The fourth-order valence-electron chi connectivity index (χ4n) is 1.95. The van der Waals surface area contributed by atoms with Crippen LogP contribution in [0.4, 0.5) is 10.1 Å². The van der Waals surface area contributed by atoms with E-state index in [-0.39, 0.29) is 5.82 Å². The van der Waals surface area contributed by atoms with Crippen molar-refractivity contribution >= 4 is 5.69 Å². The molecule has 0 saturated heterocycles. The van der Waals surface area contributed by atoms with Gasteiger partial charge in [-0.25, -0.2) is 4.39 Å². The number of nitrogens with zero attached hydrogens (tertiary/aromatic N) is 1. The molecule has 0 unspecified atom stereocenters. The summed E-state index contributed by atoms with van der Waals surface area (Å²) in [5, 5.41) is 3.23. The Morgan fingerprint density at radius 3 is 2.61 bits per heavy atom. The molecule has 1 aromatic rings. The summed E-state index contributed by atoms with van der Waals surface area (Å²) >= 11 is 0. The molecule has 0 saturated carbocycles. The number of benzene rings is 1. The number of rotatable bonds is 8. The molecule has 0 bridgehead atoms. The smallest absolute Gasteiger partial charge is 0.125 e. The number of unbranched alkanes of at least 4 members (excludes halogenated alkanes) is 2. The molecule has 0 spiro atoms. The Bertz CT molecular complexity index is 352. The van der Waals surface area contributed by atoms with Crippen LogP contribution in [0.15, 0.2) is 18.2 Å². The van der Waals surface area contributed by atoms with Gasteiger partial charge in [-0.15, -0.1) is 0 Å². The Morgan fingerprint density at radius 2 is 1.94 bits per heavy atom. The minimum atomic E-state index is -0.150. The van der Waals surface area contributed by atoms with E-state index in [1.807, 2.05) is 7.05 Å². The molecule has 0 radical (unpaired) electrons. The average molecular weight is 252 g/mol. The second kappa shape index (κ2) is 8.09. The Balaban J connectivity index is 2.65. The fourth-order valence-corrected chi connectivity index (χ4v) is 1.95. The van der Waals surface area contributed by atoms with E-state index in [4.69, 9.17) is 0 Å². The predicted molar refractivity (Wildman–Crippen MR) is 76.6 cm³/mol. The molecular formula is C15H25FN2. The molecule has 1 rings (SSSR count). The van der Waals surface area contributed by atoms with E-state index in [9.17, 15) is 4.39 Å². The Labute approximate surface area is 110 Å². The molecule has 0 aliphatic carbocycles. The van der Waals surface area contributed by atoms with Crippen molar-refractivity contribution in [2.45, 2.75) is 39.7 Å². The van der Waals surface area contributed by atoms with Crippen LogP contribution < -0.4 is 10.2 Å². The third-order valence-corrected chi connectivity index (χ3v) is 3.06. The number of hydrogen-bond donors (Lipinski definition) is 1. The molecular weight excluding hydrogens is 227 g/mol. The fraction of sp³-hybridized carbons (Fsp3) is 0.600. The lowest BCUT2D eigenvalue weighted by Gasteiger charge is -2.20. The van der Waals surface area contributed by atoms with Crippen LogP contribution in [0.5, 0.6) is 0 Å². The maximum atomic E-state index is 13.5. The van der Waals surface area contributed by atoms with Gasteiger partial charge < -0.3 is 10.2 Å². The van der Waals surface area contributed by atoms with Gasteiger partial charge in [0.05, 0.1) is 0 Å². The van der Waals surface area contributed by atoms with Crippen LogP contribution in [-0.4, -0.2) is 20.1 Å². The van der Waals surface area contributed by atoms with Crippen molar-refractivity contribution in [3.05, 3.63) is 29.6 Å². The normalized spacial score (nSPS) is 10.7. The van der Waals surface area contributed by atoms with Crippen molar-refractivity contribution in [1.29, 1.82) is 0 Å². The van der Waals surface area contributed by atoms with Crippen molar-refractivity contribution < 1.29 is 4.39 Å². The predicted octanol–water partition coefficient (Wildman–Crippen LogP) is 3.56. The van der Waals surface area contributed by atoms with Gasteiger partial charge in [0, 0.05) is 25.8 Å². The van der Waals surface area contributed by atoms with Crippen molar-refractivity contribution in [3.63, 3.8) is 0 Å². The van der Waals surface area contributed by atoms with Gasteiger partial charge in [0.25, 0.3) is 0 Å². The first-order chi connectivity index (χ1) is 8.67. The summed E-state index contributed by atoms with van der Waals surface area (Å²) in [6, 6.07) is 5.28. The zero-order valence-electron chi connectivity index (χ0n) is 11.8. The van der Waals surface area contributed by atoms with Crippen LogP contribution in [0.25, 0.3) is 0 Å². The Kier molecular flexibility index (Phi) is 6.73. The second-order valence-electron chi connectivity index (χ2n) is 4.73. The van der Waals surface area contributed by atoms with E-state index >= 15 is 0 Å². The van der Waals surface area contributed by atoms with Gasteiger partial charge in [-0.2, -0.15) is 0 Å². The van der Waals surface area contributed by atoms with Crippen molar-refractivity contribution in [1.82, 2.24) is 5.32 Å². The van der Waals surface area contributed by atoms with Gasteiger partial charge in [0.2, 0.25) is 0 Å². The Hall–Kier alpha value is -1.09. The molecule has 2 nitrogen and oxygen atoms in total. The van der Waals surface area contributed by atoms with E-state index in [1.54, 1.807) is 12.1 Å². The largest absolute Gasteiger partial charge is 0.375 e. The highest BCUT2D eigenvalue weighted by molar-refractivity contribution is 5.48. The molecule has 0 atom stereocenters. The number of halogens is 1. The summed E-state index contributed by atoms with van der Waals surface area (Å²) in [4.78, 5) is 2.13. The highest BCUT2D eigenvalue weighted by Gasteiger charge is 2.05. The summed E-state index contributed by atoms with van der Waals surface area (Å²) in [6.45, 7) is 6.86. The molecule has 0 fully saturated rings. The minimum Gasteiger partial charge on any atom is -0.375 e. The van der Waals surface area contributed by atoms with E-state index in [2.05, 4.69) is 30.1 Å². The lowest BCUT2D eigenvalue weighted by atomic mass is 10.1. The average Bonchev–Trinajstić information content (AvgIpc) is 2.36. The van der Waals surface area contributed by atoms with Crippen LogP contribution >= 0.6 is 0 Å². The SMILES string of the molecule is CCCCCN(C)c1cc(F)cc(CNCC)c1. The molecule has 0 amide bonds. The summed E-state index contributed by atoms with van der Waals surface area (Å²) < 4.78 is 13.5. The van der Waals surface area contributed by atoms with Gasteiger partial charge in [0.15, 0.2) is 0 Å². The third kappa shape index (κ3) is 5.05. The van der Waals surface area contributed by atoms with Crippen LogP contribution in [0, 0.1) is 5.82 Å².